The van der Waals surface area contributed by atoms with Gasteiger partial charge in [0.05, 0.1) is 21.7 Å². The molecule has 0 unspecified atom stereocenters. The molecule has 0 spiro atoms. The quantitative estimate of drug-likeness (QED) is 0.580. The normalized spacial score (nSPS) is 15.6. The summed E-state index contributed by atoms with van der Waals surface area (Å²) in [5, 5.41) is 0. The molecule has 0 saturated carbocycles. The summed E-state index contributed by atoms with van der Waals surface area (Å²) in [7, 11) is 0. The molecule has 5 nitrogen and oxygen atoms in total. The lowest BCUT2D eigenvalue weighted by atomic mass is 10.2. The van der Waals surface area contributed by atoms with Gasteiger partial charge in [-0.05, 0) is 31.0 Å². The second kappa shape index (κ2) is 10.4. The molecule has 0 N–H and O–H groups in total. The van der Waals surface area contributed by atoms with Crippen molar-refractivity contribution in [3.63, 3.8) is 0 Å². The number of rotatable bonds is 6. The number of carbonyl (C=O) groups excluding carboxylic acids is 2. The first-order valence-electron chi connectivity index (χ1n) is 9.41. The third kappa shape index (κ3) is 5.58. The predicted molar refractivity (Wildman–Crippen MR) is 121 cm³/mol. The average molecular weight is 482 g/mol. The molecule has 1 saturated heterocycles. The predicted octanol–water partition coefficient (Wildman–Crippen LogP) is 4.21. The maximum Gasteiger partial charge on any atom is 0.258 e. The Labute approximate surface area is 181 Å². The molecule has 28 heavy (non-hydrogen) atoms. The van der Waals surface area contributed by atoms with Crippen LogP contribution in [-0.4, -0.2) is 45.9 Å². The maximum atomic E-state index is 12.4. The Hall–Kier alpha value is -1.38. The second-order valence-corrected chi connectivity index (χ2v) is 9.60. The van der Waals surface area contributed by atoms with Crippen molar-refractivity contribution in [2.45, 2.75) is 32.2 Å². The number of halogens is 1. The lowest BCUT2D eigenvalue weighted by Gasteiger charge is -2.19. The highest BCUT2D eigenvalue weighted by molar-refractivity contribution is 9.10. The van der Waals surface area contributed by atoms with Crippen LogP contribution in [0.1, 0.15) is 25.7 Å². The molecule has 2 aromatic rings. The molecule has 1 aromatic carbocycles. The van der Waals surface area contributed by atoms with Crippen LogP contribution >= 0.6 is 39.0 Å². The van der Waals surface area contributed by atoms with Crippen molar-refractivity contribution in [1.82, 2.24) is 9.47 Å². The molecule has 1 aliphatic rings. The number of amides is 2. The molecule has 0 aliphatic carbocycles. The van der Waals surface area contributed by atoms with Crippen LogP contribution in [0.2, 0.25) is 0 Å². The Balaban J connectivity index is 1.64. The number of likely N-dealkylation sites (tertiary alicyclic amines) is 1. The van der Waals surface area contributed by atoms with Gasteiger partial charge in [0.25, 0.3) is 5.91 Å². The van der Waals surface area contributed by atoms with E-state index in [0.717, 1.165) is 40.6 Å². The standard InChI is InChI=1S/C20H24BrN3O2S2/c1-2-9-24-16-8-7-15(21)12-17(16)28-20(24)22-18(25)13-27-14-19(26)23-10-5-3-4-6-11-23/h2,7-8,12H,1,3-6,9-11,13-14H2. The van der Waals surface area contributed by atoms with E-state index >= 15 is 0 Å². The van der Waals surface area contributed by atoms with Crippen LogP contribution in [0.25, 0.3) is 10.2 Å². The third-order valence-corrected chi connectivity index (χ3v) is 7.02. The number of thioether (sulfide) groups is 1. The van der Waals surface area contributed by atoms with Crippen molar-refractivity contribution in [2.75, 3.05) is 24.6 Å². The fourth-order valence-electron chi connectivity index (χ4n) is 3.21. The van der Waals surface area contributed by atoms with E-state index in [1.807, 2.05) is 27.7 Å². The van der Waals surface area contributed by atoms with E-state index in [0.29, 0.717) is 17.1 Å². The zero-order valence-electron chi connectivity index (χ0n) is 15.7. The Kier molecular flexibility index (Phi) is 7.93. The van der Waals surface area contributed by atoms with E-state index in [1.165, 1.54) is 35.9 Å². The first-order valence-corrected chi connectivity index (χ1v) is 12.2. The van der Waals surface area contributed by atoms with E-state index in [1.54, 1.807) is 6.08 Å². The molecule has 0 bridgehead atoms. The number of nitrogens with zero attached hydrogens (tertiary/aromatic N) is 3. The summed E-state index contributed by atoms with van der Waals surface area (Å²) in [4.78, 5) is 31.6. The van der Waals surface area contributed by atoms with Gasteiger partial charge in [0.15, 0.2) is 4.80 Å². The van der Waals surface area contributed by atoms with E-state index < -0.39 is 0 Å². The summed E-state index contributed by atoms with van der Waals surface area (Å²) in [6.45, 7) is 6.08. The summed E-state index contributed by atoms with van der Waals surface area (Å²) < 4.78 is 4.05. The van der Waals surface area contributed by atoms with Crippen molar-refractivity contribution in [3.8, 4) is 0 Å². The van der Waals surface area contributed by atoms with E-state index in [9.17, 15) is 9.59 Å². The van der Waals surface area contributed by atoms with E-state index in [4.69, 9.17) is 0 Å². The SMILES string of the molecule is C=CCn1c(=NC(=O)CSCC(=O)N2CCCCCC2)sc2cc(Br)ccc21. The summed E-state index contributed by atoms with van der Waals surface area (Å²) in [6, 6.07) is 6.01. The topological polar surface area (TPSA) is 54.7 Å². The van der Waals surface area contributed by atoms with Crippen molar-refractivity contribution < 1.29 is 9.59 Å². The lowest BCUT2D eigenvalue weighted by Crippen LogP contribution is -2.33. The zero-order valence-corrected chi connectivity index (χ0v) is 19.0. The Bertz CT molecular complexity index is 927. The number of thiazole rings is 1. The molecule has 1 aromatic heterocycles. The molecule has 0 radical (unpaired) electrons. The van der Waals surface area contributed by atoms with Gasteiger partial charge in [0.1, 0.15) is 0 Å². The largest absolute Gasteiger partial charge is 0.342 e. The minimum absolute atomic E-state index is 0.133. The molecule has 2 amide bonds. The van der Waals surface area contributed by atoms with Crippen LogP contribution in [0.15, 0.2) is 40.3 Å². The molecule has 8 heteroatoms. The van der Waals surface area contributed by atoms with Crippen molar-refractivity contribution in [1.29, 1.82) is 0 Å². The number of benzene rings is 1. The fraction of sp³-hybridized carbons (Fsp3) is 0.450. The van der Waals surface area contributed by atoms with Crippen molar-refractivity contribution >= 4 is 61.1 Å². The number of hydrogen-bond donors (Lipinski definition) is 0. The Morgan fingerprint density at radius 2 is 1.96 bits per heavy atom. The summed E-state index contributed by atoms with van der Waals surface area (Å²) in [6.07, 6.45) is 6.35. The highest BCUT2D eigenvalue weighted by Crippen LogP contribution is 2.22. The molecule has 150 valence electrons. The van der Waals surface area contributed by atoms with E-state index in [2.05, 4.69) is 27.5 Å². The molecule has 0 atom stereocenters. The molecular formula is C20H24BrN3O2S2. The zero-order chi connectivity index (χ0) is 19.9. The first kappa shape index (κ1) is 21.3. The van der Waals surface area contributed by atoms with E-state index in [-0.39, 0.29) is 17.6 Å². The number of hydrogen-bond acceptors (Lipinski definition) is 4. The van der Waals surface area contributed by atoms with Gasteiger partial charge in [-0.3, -0.25) is 9.59 Å². The number of fused-ring (bicyclic) bond motifs is 1. The molecular weight excluding hydrogens is 458 g/mol. The van der Waals surface area contributed by atoms with Crippen LogP contribution < -0.4 is 4.80 Å². The minimum Gasteiger partial charge on any atom is -0.342 e. The highest BCUT2D eigenvalue weighted by atomic mass is 79.9. The van der Waals surface area contributed by atoms with Gasteiger partial charge in [-0.25, -0.2) is 0 Å². The average Bonchev–Trinajstić information content (AvgIpc) is 2.85. The van der Waals surface area contributed by atoms with Gasteiger partial charge >= 0.3 is 0 Å². The van der Waals surface area contributed by atoms with Crippen LogP contribution in [-0.2, 0) is 16.1 Å². The smallest absolute Gasteiger partial charge is 0.258 e. The van der Waals surface area contributed by atoms with Gasteiger partial charge < -0.3 is 9.47 Å². The van der Waals surface area contributed by atoms with Gasteiger partial charge in [-0.1, -0.05) is 46.2 Å². The van der Waals surface area contributed by atoms with Crippen molar-refractivity contribution in [3.05, 3.63) is 40.1 Å². The number of aromatic nitrogens is 1. The molecule has 1 aliphatic heterocycles. The van der Waals surface area contributed by atoms with Crippen molar-refractivity contribution in [2.24, 2.45) is 4.99 Å². The monoisotopic (exact) mass is 481 g/mol. The highest BCUT2D eigenvalue weighted by Gasteiger charge is 2.16. The van der Waals surface area contributed by atoms with Gasteiger partial charge in [0.2, 0.25) is 5.91 Å². The molecule has 1 fully saturated rings. The number of carbonyl (C=O) groups is 2. The Morgan fingerprint density at radius 3 is 2.68 bits per heavy atom. The summed E-state index contributed by atoms with van der Waals surface area (Å²) >= 11 is 6.32. The minimum atomic E-state index is -0.211. The summed E-state index contributed by atoms with van der Waals surface area (Å²) in [5.41, 5.74) is 1.03. The maximum absolute atomic E-state index is 12.4. The lowest BCUT2D eigenvalue weighted by molar-refractivity contribution is -0.128. The third-order valence-electron chi connectivity index (χ3n) is 4.59. The van der Waals surface area contributed by atoms with Crippen LogP contribution in [0.5, 0.6) is 0 Å². The molecule has 3 rings (SSSR count). The van der Waals surface area contributed by atoms with Gasteiger partial charge in [-0.15, -0.1) is 18.3 Å². The van der Waals surface area contributed by atoms with Crippen LogP contribution in [0.4, 0.5) is 0 Å². The summed E-state index contributed by atoms with van der Waals surface area (Å²) in [5.74, 6) is 0.476. The Morgan fingerprint density at radius 1 is 1.21 bits per heavy atom. The molecule has 2 heterocycles. The number of allylic oxidation sites excluding steroid dienone is 1. The fourth-order valence-corrected chi connectivity index (χ4v) is 5.52. The van der Waals surface area contributed by atoms with Gasteiger partial charge in [-0.2, -0.15) is 4.99 Å². The van der Waals surface area contributed by atoms with Gasteiger partial charge in [0, 0.05) is 24.1 Å². The van der Waals surface area contributed by atoms with Crippen LogP contribution in [0, 0.1) is 0 Å². The first-order chi connectivity index (χ1) is 13.6. The van der Waals surface area contributed by atoms with Crippen LogP contribution in [0.3, 0.4) is 0 Å². The second-order valence-electron chi connectivity index (χ2n) is 6.69.